The predicted octanol–water partition coefficient (Wildman–Crippen LogP) is 4.19. The van der Waals surface area contributed by atoms with Crippen molar-refractivity contribution >= 4 is 33.2 Å². The highest BCUT2D eigenvalue weighted by Gasteiger charge is 2.53. The first-order chi connectivity index (χ1) is 24.1. The van der Waals surface area contributed by atoms with Crippen LogP contribution in [0.5, 0.6) is 0 Å². The van der Waals surface area contributed by atoms with Crippen LogP contribution < -0.4 is 15.5 Å². The van der Waals surface area contributed by atoms with Crippen LogP contribution in [0.15, 0.2) is 88.2 Å². The van der Waals surface area contributed by atoms with E-state index in [1.54, 1.807) is 6.07 Å². The Balaban J connectivity index is 1.10. The molecule has 7 rings (SSSR count). The molecule has 1 aromatic heterocycles. The fourth-order valence-corrected chi connectivity index (χ4v) is 8.18. The van der Waals surface area contributed by atoms with E-state index in [-0.39, 0.29) is 48.8 Å². The zero-order chi connectivity index (χ0) is 34.8. The maximum Gasteiger partial charge on any atom is 0.407 e. The summed E-state index contributed by atoms with van der Waals surface area (Å²) < 4.78 is 51.1. The molecule has 50 heavy (non-hydrogen) atoms. The summed E-state index contributed by atoms with van der Waals surface area (Å²) >= 11 is 0. The number of anilines is 1. The highest BCUT2D eigenvalue weighted by atomic mass is 32.2. The quantitative estimate of drug-likeness (QED) is 0.139. The number of fused-ring (bicyclic) bond motifs is 3. The van der Waals surface area contributed by atoms with Gasteiger partial charge in [0.2, 0.25) is 0 Å². The van der Waals surface area contributed by atoms with Gasteiger partial charge in [-0.2, -0.15) is 4.98 Å². The van der Waals surface area contributed by atoms with Crippen LogP contribution in [-0.2, 0) is 37.2 Å². The lowest BCUT2D eigenvalue weighted by molar-refractivity contribution is -0.153. The van der Waals surface area contributed by atoms with Crippen molar-refractivity contribution in [2.45, 2.75) is 81.2 Å². The number of benzene rings is 3. The lowest BCUT2D eigenvalue weighted by Gasteiger charge is -2.37. The van der Waals surface area contributed by atoms with Crippen molar-refractivity contribution in [3.63, 3.8) is 0 Å². The minimum Gasteiger partial charge on any atom is -0.443 e. The van der Waals surface area contributed by atoms with Crippen molar-refractivity contribution in [1.29, 1.82) is 0 Å². The molecule has 3 fully saturated rings. The first kappa shape index (κ1) is 34.4. The van der Waals surface area contributed by atoms with E-state index >= 15 is 0 Å². The smallest absolute Gasteiger partial charge is 0.407 e. The van der Waals surface area contributed by atoms with Gasteiger partial charge in [-0.3, -0.25) is 0 Å². The van der Waals surface area contributed by atoms with Gasteiger partial charge >= 0.3 is 6.09 Å². The zero-order valence-electron chi connectivity index (χ0n) is 28.0. The number of hydrazine groups is 1. The first-order valence-electron chi connectivity index (χ1n) is 17.0. The second kappa shape index (κ2) is 14.7. The third-order valence-corrected chi connectivity index (χ3v) is 10.8. The number of nitrogens with one attached hydrogen (secondary N) is 3. The Hall–Kier alpha value is -4.05. The molecule has 1 saturated carbocycles. The minimum absolute atomic E-state index is 0.0218. The van der Waals surface area contributed by atoms with E-state index in [1.165, 1.54) is 17.1 Å². The minimum atomic E-state index is -4.14. The normalized spacial score (nSPS) is 24.1. The molecule has 2 aliphatic heterocycles. The van der Waals surface area contributed by atoms with E-state index < -0.39 is 34.4 Å². The van der Waals surface area contributed by atoms with Crippen LogP contribution in [0.25, 0.3) is 11.1 Å². The highest BCUT2D eigenvalue weighted by molar-refractivity contribution is 7.89. The van der Waals surface area contributed by atoms with Gasteiger partial charge in [-0.15, -0.1) is 4.83 Å². The second-order valence-corrected chi connectivity index (χ2v) is 15.3. The molecule has 13 nitrogen and oxygen atoms in total. The molecule has 3 aliphatic rings. The number of aromatic nitrogens is 1. The summed E-state index contributed by atoms with van der Waals surface area (Å²) in [5, 5.41) is 19.2. The molecule has 0 radical (unpaired) electrons. The summed E-state index contributed by atoms with van der Waals surface area (Å²) in [7, 11) is -4.14. The molecule has 3 bridgehead atoms. The third kappa shape index (κ3) is 7.96. The number of aliphatic hydroxyl groups excluding tert-OH is 1. The summed E-state index contributed by atoms with van der Waals surface area (Å²) in [5.41, 5.74) is 2.52. The number of ether oxygens (including phenoxy) is 3. The van der Waals surface area contributed by atoms with Crippen molar-refractivity contribution in [2.75, 3.05) is 18.5 Å². The fourth-order valence-electron chi connectivity index (χ4n) is 7.08. The molecule has 4 N–H and O–H groups in total. The Labute approximate surface area is 291 Å². The van der Waals surface area contributed by atoms with Crippen LogP contribution in [-0.4, -0.2) is 79.4 Å². The SMILES string of the molecule is CC(C)Nc1nc2cc(S(=O)(=O)NN(Cc3ccccc3)CC(O)C(Cc3ccccc3)NC(=O)OC3C4COC5OC3CC5C4)ccc2o1. The van der Waals surface area contributed by atoms with Gasteiger partial charge in [0.25, 0.3) is 16.0 Å². The molecule has 3 heterocycles. The number of alkyl carbamates (subject to hydrolysis) is 1. The number of rotatable bonds is 14. The second-order valence-electron chi connectivity index (χ2n) is 13.7. The average Bonchev–Trinajstić information content (AvgIpc) is 3.62. The van der Waals surface area contributed by atoms with Crippen molar-refractivity contribution in [3.05, 3.63) is 90.0 Å². The van der Waals surface area contributed by atoms with Gasteiger partial charge in [-0.05, 0) is 62.4 Å². The van der Waals surface area contributed by atoms with E-state index in [4.69, 9.17) is 18.6 Å². The van der Waals surface area contributed by atoms with Crippen molar-refractivity contribution in [2.24, 2.45) is 11.8 Å². The standard InChI is InChI=1S/C36H43N5O8S/c1-22(2)37-35-38-29-18-27(13-14-31(29)48-35)50(44,45)40-41(19-24-11-7-4-8-12-24)20-30(42)28(15-23-9-5-3-6-10-23)39-36(43)49-33-26-16-25-17-32(33)47-34(25)46-21-26/h3-14,18,22,25-26,28,30,32-34,40,42H,15-17,19-21H2,1-2H3,(H,37,38)(H,39,43). The van der Waals surface area contributed by atoms with Crippen molar-refractivity contribution in [3.8, 4) is 0 Å². The Bertz CT molecular complexity index is 1870. The summed E-state index contributed by atoms with van der Waals surface area (Å²) in [5.74, 6) is 0.372. The third-order valence-electron chi connectivity index (χ3n) is 9.40. The van der Waals surface area contributed by atoms with E-state index in [1.807, 2.05) is 74.5 Å². The first-order valence-corrected chi connectivity index (χ1v) is 18.5. The molecule has 4 aromatic rings. The molecule has 3 aromatic carbocycles. The topological polar surface area (TPSA) is 164 Å². The number of aliphatic hydroxyl groups is 1. The van der Waals surface area contributed by atoms with Crippen LogP contribution in [0.3, 0.4) is 0 Å². The molecular weight excluding hydrogens is 662 g/mol. The summed E-state index contributed by atoms with van der Waals surface area (Å²) in [6, 6.07) is 22.8. The molecule has 7 unspecified atom stereocenters. The van der Waals surface area contributed by atoms with Gasteiger partial charge in [0, 0.05) is 31.0 Å². The molecule has 7 atom stereocenters. The lowest BCUT2D eigenvalue weighted by atomic mass is 9.78. The van der Waals surface area contributed by atoms with Crippen LogP contribution >= 0.6 is 0 Å². The predicted molar refractivity (Wildman–Crippen MR) is 184 cm³/mol. The van der Waals surface area contributed by atoms with Crippen LogP contribution in [0, 0.1) is 11.8 Å². The number of amides is 1. The van der Waals surface area contributed by atoms with Gasteiger partial charge in [0.1, 0.15) is 11.6 Å². The molecule has 1 amide bonds. The Kier molecular flexibility index (Phi) is 10.1. The molecule has 1 aliphatic carbocycles. The lowest BCUT2D eigenvalue weighted by Crippen LogP contribution is -2.54. The zero-order valence-corrected chi connectivity index (χ0v) is 28.8. The van der Waals surface area contributed by atoms with Crippen LogP contribution in [0.1, 0.15) is 37.8 Å². The Morgan fingerprint density at radius 1 is 1.02 bits per heavy atom. The largest absolute Gasteiger partial charge is 0.443 e. The average molecular weight is 706 g/mol. The van der Waals surface area contributed by atoms with Gasteiger partial charge in [0.15, 0.2) is 11.9 Å². The van der Waals surface area contributed by atoms with Gasteiger partial charge in [-0.25, -0.2) is 18.2 Å². The Morgan fingerprint density at radius 3 is 2.50 bits per heavy atom. The number of hydrogen-bond donors (Lipinski definition) is 4. The number of hydrogen-bond acceptors (Lipinski definition) is 11. The fraction of sp³-hybridized carbons (Fsp3) is 0.444. The summed E-state index contributed by atoms with van der Waals surface area (Å²) in [6.45, 7) is 4.34. The van der Waals surface area contributed by atoms with Crippen LogP contribution in [0.4, 0.5) is 10.8 Å². The monoisotopic (exact) mass is 705 g/mol. The number of carbonyl (C=O) groups excluding carboxylic acids is 1. The number of carbonyl (C=O) groups is 1. The van der Waals surface area contributed by atoms with Gasteiger partial charge in [0.05, 0.1) is 29.8 Å². The Morgan fingerprint density at radius 2 is 1.76 bits per heavy atom. The van der Waals surface area contributed by atoms with Crippen molar-refractivity contribution < 1.29 is 36.9 Å². The maximum atomic E-state index is 13.8. The van der Waals surface area contributed by atoms with Gasteiger partial charge in [-0.1, -0.05) is 60.7 Å². The van der Waals surface area contributed by atoms with E-state index in [0.717, 1.165) is 24.0 Å². The van der Waals surface area contributed by atoms with Crippen LogP contribution in [0.2, 0.25) is 0 Å². The van der Waals surface area contributed by atoms with E-state index in [9.17, 15) is 18.3 Å². The van der Waals surface area contributed by atoms with E-state index in [2.05, 4.69) is 20.4 Å². The van der Waals surface area contributed by atoms with Crippen molar-refractivity contribution in [1.82, 2.24) is 20.1 Å². The van der Waals surface area contributed by atoms with E-state index in [0.29, 0.717) is 29.6 Å². The number of oxazole rings is 1. The molecule has 14 heteroatoms. The summed E-state index contributed by atoms with van der Waals surface area (Å²) in [4.78, 5) is 20.5. The molecular formula is C36H43N5O8S. The van der Waals surface area contributed by atoms with Gasteiger partial charge < -0.3 is 34.4 Å². The molecule has 0 spiro atoms. The maximum absolute atomic E-state index is 13.8. The molecule has 266 valence electrons. The number of sulfonamides is 1. The molecule has 2 saturated heterocycles. The number of nitrogens with zero attached hydrogens (tertiary/aromatic N) is 2. The summed E-state index contributed by atoms with van der Waals surface area (Å²) in [6.07, 6.45) is -0.859. The highest BCUT2D eigenvalue weighted by Crippen LogP contribution is 2.46.